The number of hydrogen-bond acceptors (Lipinski definition) is 6. The van der Waals surface area contributed by atoms with Crippen LogP contribution in [0.4, 0.5) is 0 Å². The van der Waals surface area contributed by atoms with Crippen molar-refractivity contribution in [2.75, 3.05) is 26.6 Å². The number of aliphatic imine (C=N–C) groups is 1. The lowest BCUT2D eigenvalue weighted by Crippen LogP contribution is -2.48. The second-order valence-electron chi connectivity index (χ2n) is 5.78. The third-order valence-electron chi connectivity index (χ3n) is 4.55. The summed E-state index contributed by atoms with van der Waals surface area (Å²) in [6, 6.07) is 0. The van der Waals surface area contributed by atoms with Crippen molar-refractivity contribution in [2.45, 2.75) is 38.4 Å². The van der Waals surface area contributed by atoms with Gasteiger partial charge in [-0.2, -0.15) is 0 Å². The SMILES string of the molecule is C=C(/N=C(\C=C/C)C1(C(=O)OC)CCC2(CC1)OCCO2)SC. The average molecular weight is 339 g/mol. The molecule has 2 rings (SSSR count). The number of carbonyl (C=O) groups excluding carboxylic acids is 1. The first-order valence-corrected chi connectivity index (χ1v) is 9.05. The van der Waals surface area contributed by atoms with E-state index in [1.54, 1.807) is 0 Å². The van der Waals surface area contributed by atoms with Crippen molar-refractivity contribution >= 4 is 23.4 Å². The van der Waals surface area contributed by atoms with Gasteiger partial charge in [0, 0.05) is 12.8 Å². The highest BCUT2D eigenvalue weighted by molar-refractivity contribution is 8.02. The molecule has 0 N–H and O–H groups in total. The molecule has 0 amide bonds. The lowest BCUT2D eigenvalue weighted by atomic mass is 9.68. The standard InChI is InChI=1S/C17H25NO4S/c1-5-6-14(18-13(2)23-4)16(15(19)20-3)7-9-17(10-8-16)21-11-12-22-17/h5-6H,2,7-12H2,1,3-4H3/b6-5-,18-14+. The maximum atomic E-state index is 12.6. The Bertz CT molecular complexity index is 511. The monoisotopic (exact) mass is 339 g/mol. The number of allylic oxidation sites excluding steroid dienone is 2. The molecule has 1 heterocycles. The van der Waals surface area contributed by atoms with Crippen molar-refractivity contribution in [3.05, 3.63) is 23.8 Å². The Morgan fingerprint density at radius 1 is 1.26 bits per heavy atom. The zero-order chi connectivity index (χ0) is 16.9. The largest absolute Gasteiger partial charge is 0.468 e. The van der Waals surface area contributed by atoms with Crippen LogP contribution in [0, 0.1) is 5.41 Å². The predicted octanol–water partition coefficient (Wildman–Crippen LogP) is 3.31. The van der Waals surface area contributed by atoms with E-state index in [-0.39, 0.29) is 5.97 Å². The van der Waals surface area contributed by atoms with E-state index in [9.17, 15) is 4.79 Å². The highest BCUT2D eigenvalue weighted by Crippen LogP contribution is 2.47. The molecule has 128 valence electrons. The molecule has 2 aliphatic rings. The molecule has 23 heavy (non-hydrogen) atoms. The molecule has 0 atom stereocenters. The summed E-state index contributed by atoms with van der Waals surface area (Å²) in [5, 5.41) is 0.676. The van der Waals surface area contributed by atoms with Gasteiger partial charge in [0.1, 0.15) is 5.41 Å². The first-order chi connectivity index (χ1) is 11.0. The number of esters is 1. The summed E-state index contributed by atoms with van der Waals surface area (Å²) in [6.07, 6.45) is 8.18. The maximum absolute atomic E-state index is 12.6. The van der Waals surface area contributed by atoms with Crippen LogP contribution in [0.1, 0.15) is 32.6 Å². The van der Waals surface area contributed by atoms with Crippen LogP contribution < -0.4 is 0 Å². The lowest BCUT2D eigenvalue weighted by molar-refractivity contribution is -0.192. The van der Waals surface area contributed by atoms with Crippen LogP contribution in [-0.4, -0.2) is 44.0 Å². The third kappa shape index (κ3) is 3.70. The predicted molar refractivity (Wildman–Crippen MR) is 92.5 cm³/mol. The van der Waals surface area contributed by atoms with Crippen LogP contribution >= 0.6 is 11.8 Å². The zero-order valence-corrected chi connectivity index (χ0v) is 14.9. The number of hydrogen-bond donors (Lipinski definition) is 0. The molecule has 6 heteroatoms. The van der Waals surface area contributed by atoms with Crippen LogP contribution in [0.2, 0.25) is 0 Å². The molecule has 0 aromatic rings. The van der Waals surface area contributed by atoms with Gasteiger partial charge in [0.05, 0.1) is 31.1 Å². The third-order valence-corrected chi connectivity index (χ3v) is 5.11. The molecule has 5 nitrogen and oxygen atoms in total. The van der Waals surface area contributed by atoms with Crippen molar-refractivity contribution in [3.8, 4) is 0 Å². The van der Waals surface area contributed by atoms with Gasteiger partial charge in [-0.1, -0.05) is 12.7 Å². The molecule has 1 aliphatic carbocycles. The van der Waals surface area contributed by atoms with E-state index in [1.165, 1.54) is 18.9 Å². The molecule has 0 aromatic heterocycles. The second kappa shape index (κ2) is 7.64. The molecule has 0 radical (unpaired) electrons. The van der Waals surface area contributed by atoms with Crippen molar-refractivity contribution in [2.24, 2.45) is 10.4 Å². The van der Waals surface area contributed by atoms with Gasteiger partial charge in [0.25, 0.3) is 0 Å². The quantitative estimate of drug-likeness (QED) is 0.568. The smallest absolute Gasteiger partial charge is 0.317 e. The minimum Gasteiger partial charge on any atom is -0.468 e. The Morgan fingerprint density at radius 3 is 2.35 bits per heavy atom. The van der Waals surface area contributed by atoms with Crippen LogP contribution in [0.3, 0.4) is 0 Å². The molecule has 2 fully saturated rings. The van der Waals surface area contributed by atoms with Gasteiger partial charge < -0.3 is 14.2 Å². The number of rotatable bonds is 5. The Morgan fingerprint density at radius 2 is 1.87 bits per heavy atom. The second-order valence-corrected chi connectivity index (χ2v) is 6.66. The minimum atomic E-state index is -0.763. The number of methoxy groups -OCH3 is 1. The molecule has 0 unspecified atom stereocenters. The van der Waals surface area contributed by atoms with Crippen molar-refractivity contribution in [3.63, 3.8) is 0 Å². The van der Waals surface area contributed by atoms with Gasteiger partial charge in [-0.05, 0) is 32.1 Å². The van der Waals surface area contributed by atoms with Crippen molar-refractivity contribution in [1.29, 1.82) is 0 Å². The van der Waals surface area contributed by atoms with E-state index in [4.69, 9.17) is 14.2 Å². The van der Waals surface area contributed by atoms with Crippen LogP contribution in [0.15, 0.2) is 28.8 Å². The van der Waals surface area contributed by atoms with E-state index in [0.29, 0.717) is 49.6 Å². The Balaban J connectivity index is 2.34. The van der Waals surface area contributed by atoms with Gasteiger partial charge in [-0.3, -0.25) is 4.79 Å². The molecule has 1 saturated heterocycles. The molecule has 0 aromatic carbocycles. The summed E-state index contributed by atoms with van der Waals surface area (Å²) in [4.78, 5) is 17.2. The molecular weight excluding hydrogens is 314 g/mol. The molecule has 1 aliphatic heterocycles. The maximum Gasteiger partial charge on any atom is 0.317 e. The van der Waals surface area contributed by atoms with E-state index in [1.807, 2.05) is 25.3 Å². The summed E-state index contributed by atoms with van der Waals surface area (Å²) in [5.74, 6) is -0.786. The Kier molecular flexibility index (Phi) is 6.06. The minimum absolute atomic E-state index is 0.254. The summed E-state index contributed by atoms with van der Waals surface area (Å²) >= 11 is 1.46. The number of nitrogens with zero attached hydrogens (tertiary/aromatic N) is 1. The summed E-state index contributed by atoms with van der Waals surface area (Å²) < 4.78 is 16.7. The van der Waals surface area contributed by atoms with Gasteiger partial charge in [0.2, 0.25) is 0 Å². The number of carbonyl (C=O) groups is 1. The van der Waals surface area contributed by atoms with Gasteiger partial charge in [-0.25, -0.2) is 4.99 Å². The number of thioether (sulfide) groups is 1. The number of ether oxygens (including phenoxy) is 3. The fourth-order valence-corrected chi connectivity index (χ4v) is 3.43. The fourth-order valence-electron chi connectivity index (χ4n) is 3.25. The first kappa shape index (κ1) is 18.2. The normalized spacial score (nSPS) is 23.3. The lowest BCUT2D eigenvalue weighted by Gasteiger charge is -2.41. The first-order valence-electron chi connectivity index (χ1n) is 7.83. The van der Waals surface area contributed by atoms with E-state index in [2.05, 4.69) is 11.6 Å². The topological polar surface area (TPSA) is 57.1 Å². The molecule has 1 spiro atoms. The zero-order valence-electron chi connectivity index (χ0n) is 14.1. The summed E-state index contributed by atoms with van der Waals surface area (Å²) in [5.41, 5.74) is -0.0560. The summed E-state index contributed by atoms with van der Waals surface area (Å²) in [7, 11) is 1.42. The van der Waals surface area contributed by atoms with Crippen molar-refractivity contribution in [1.82, 2.24) is 0 Å². The average Bonchev–Trinajstić information content (AvgIpc) is 3.03. The van der Waals surface area contributed by atoms with E-state index < -0.39 is 11.2 Å². The highest BCUT2D eigenvalue weighted by atomic mass is 32.2. The summed E-state index contributed by atoms with van der Waals surface area (Å²) in [6.45, 7) is 7.06. The molecule has 1 saturated carbocycles. The van der Waals surface area contributed by atoms with Gasteiger partial charge >= 0.3 is 5.97 Å². The van der Waals surface area contributed by atoms with Crippen LogP contribution in [0.5, 0.6) is 0 Å². The van der Waals surface area contributed by atoms with Crippen LogP contribution in [0.25, 0.3) is 0 Å². The Labute approximate surface area is 142 Å². The van der Waals surface area contributed by atoms with Crippen LogP contribution in [-0.2, 0) is 19.0 Å². The molecule has 0 bridgehead atoms. The van der Waals surface area contributed by atoms with E-state index >= 15 is 0 Å². The van der Waals surface area contributed by atoms with Gasteiger partial charge in [-0.15, -0.1) is 11.8 Å². The highest BCUT2D eigenvalue weighted by Gasteiger charge is 2.52. The fraction of sp³-hybridized carbons (Fsp3) is 0.647. The Hall–Kier alpha value is -1.11. The van der Waals surface area contributed by atoms with E-state index in [0.717, 1.165) is 0 Å². The van der Waals surface area contributed by atoms with Gasteiger partial charge in [0.15, 0.2) is 5.79 Å². The molecular formula is C17H25NO4S. The van der Waals surface area contributed by atoms with Crippen molar-refractivity contribution < 1.29 is 19.0 Å².